The van der Waals surface area contributed by atoms with Crippen molar-refractivity contribution in [2.45, 2.75) is 4.90 Å². The maximum absolute atomic E-state index is 12.4. The van der Waals surface area contributed by atoms with Gasteiger partial charge >= 0.3 is 0 Å². The van der Waals surface area contributed by atoms with E-state index in [9.17, 15) is 18.0 Å². The van der Waals surface area contributed by atoms with Gasteiger partial charge in [0.25, 0.3) is 11.8 Å². The van der Waals surface area contributed by atoms with Crippen LogP contribution in [0.15, 0.2) is 59.5 Å². The van der Waals surface area contributed by atoms with Gasteiger partial charge in [-0.25, -0.2) is 8.42 Å². The summed E-state index contributed by atoms with van der Waals surface area (Å²) >= 11 is 11.5. The Bertz CT molecular complexity index is 975. The zero-order valence-corrected chi connectivity index (χ0v) is 17.1. The number of carbonyl (C=O) groups excluding carboxylic acids is 2. The summed E-state index contributed by atoms with van der Waals surface area (Å²) in [5.74, 6) is -1.28. The summed E-state index contributed by atoms with van der Waals surface area (Å²) in [5, 5.41) is 0.972. The van der Waals surface area contributed by atoms with Gasteiger partial charge in [0, 0.05) is 23.2 Å². The third kappa shape index (κ3) is 6.35. The van der Waals surface area contributed by atoms with E-state index in [4.69, 9.17) is 23.2 Å². The third-order valence-corrected chi connectivity index (χ3v) is 5.83. The molecule has 2 aromatic carbocycles. The van der Waals surface area contributed by atoms with Crippen molar-refractivity contribution in [2.24, 2.45) is 0 Å². The molecule has 0 radical (unpaired) electrons. The summed E-state index contributed by atoms with van der Waals surface area (Å²) < 4.78 is 25.7. The normalized spacial score (nSPS) is 11.6. The molecule has 0 fully saturated rings. The Morgan fingerprint density at radius 2 is 1.50 bits per heavy atom. The van der Waals surface area contributed by atoms with Crippen molar-refractivity contribution in [3.05, 3.63) is 70.2 Å². The molecule has 0 saturated carbocycles. The fraction of sp³-hybridized carbons (Fsp3) is 0.111. The number of hydrogen-bond donors (Lipinski definition) is 2. The first-order chi connectivity index (χ1) is 13.2. The molecule has 0 aliphatic heterocycles. The van der Waals surface area contributed by atoms with E-state index in [0.717, 1.165) is 9.87 Å². The van der Waals surface area contributed by atoms with Crippen LogP contribution in [0.5, 0.6) is 0 Å². The molecule has 10 heteroatoms. The highest BCUT2D eigenvalue weighted by atomic mass is 35.5. The topological polar surface area (TPSA) is 95.6 Å². The predicted molar refractivity (Wildman–Crippen MR) is 108 cm³/mol. The molecule has 0 spiro atoms. The quantitative estimate of drug-likeness (QED) is 0.531. The van der Waals surface area contributed by atoms with Crippen molar-refractivity contribution in [2.75, 3.05) is 13.6 Å². The molecule has 0 bridgehead atoms. The van der Waals surface area contributed by atoms with Crippen LogP contribution in [0.2, 0.25) is 10.0 Å². The van der Waals surface area contributed by atoms with Crippen molar-refractivity contribution in [1.82, 2.24) is 15.2 Å². The lowest BCUT2D eigenvalue weighted by Gasteiger charge is -2.17. The van der Waals surface area contributed by atoms with Gasteiger partial charge in [0.1, 0.15) is 0 Å². The fourth-order valence-corrected chi connectivity index (χ4v) is 3.41. The van der Waals surface area contributed by atoms with Gasteiger partial charge in [0.15, 0.2) is 0 Å². The minimum atomic E-state index is -3.86. The molecule has 0 aliphatic rings. The Morgan fingerprint density at radius 1 is 0.964 bits per heavy atom. The summed E-state index contributed by atoms with van der Waals surface area (Å²) in [7, 11) is -2.61. The number of amides is 2. The molecule has 148 valence electrons. The van der Waals surface area contributed by atoms with E-state index >= 15 is 0 Å². The number of nitrogens with zero attached hydrogens (tertiary/aromatic N) is 1. The van der Waals surface area contributed by atoms with Crippen LogP contribution in [-0.2, 0) is 19.6 Å². The number of sulfonamides is 1. The van der Waals surface area contributed by atoms with Crippen LogP contribution >= 0.6 is 23.2 Å². The number of halogens is 2. The predicted octanol–water partition coefficient (Wildman–Crippen LogP) is 2.47. The molecule has 0 aliphatic carbocycles. The van der Waals surface area contributed by atoms with E-state index in [1.54, 1.807) is 24.3 Å². The van der Waals surface area contributed by atoms with E-state index in [-0.39, 0.29) is 4.90 Å². The lowest BCUT2D eigenvalue weighted by atomic mass is 10.2. The van der Waals surface area contributed by atoms with Gasteiger partial charge < -0.3 is 0 Å². The van der Waals surface area contributed by atoms with Crippen LogP contribution in [0.4, 0.5) is 0 Å². The third-order valence-electron chi connectivity index (χ3n) is 3.51. The Labute approximate surface area is 173 Å². The number of likely N-dealkylation sites (N-methyl/N-ethyl adjacent to an activating group) is 1. The molecule has 0 atom stereocenters. The van der Waals surface area contributed by atoms with E-state index < -0.39 is 28.4 Å². The summed E-state index contributed by atoms with van der Waals surface area (Å²) in [6, 6.07) is 12.4. The SMILES string of the molecule is CN(CC(=O)NNC(=O)C=Cc1ccc(Cl)cc1)S(=O)(=O)c1ccc(Cl)cc1. The molecule has 2 aromatic rings. The van der Waals surface area contributed by atoms with Gasteiger partial charge in [-0.2, -0.15) is 4.31 Å². The molecule has 7 nitrogen and oxygen atoms in total. The molecular formula is C18H17Cl2N3O4S. The molecule has 0 saturated heterocycles. The number of carbonyl (C=O) groups is 2. The van der Waals surface area contributed by atoms with Crippen LogP contribution in [0, 0.1) is 0 Å². The van der Waals surface area contributed by atoms with Crippen molar-refractivity contribution < 1.29 is 18.0 Å². The first-order valence-electron chi connectivity index (χ1n) is 7.93. The number of rotatable bonds is 6. The highest BCUT2D eigenvalue weighted by molar-refractivity contribution is 7.89. The maximum atomic E-state index is 12.4. The largest absolute Gasteiger partial charge is 0.272 e. The summed E-state index contributed by atoms with van der Waals surface area (Å²) in [4.78, 5) is 23.7. The van der Waals surface area contributed by atoms with Gasteiger partial charge in [0.05, 0.1) is 11.4 Å². The molecule has 0 aromatic heterocycles. The summed E-state index contributed by atoms with van der Waals surface area (Å²) in [6.07, 6.45) is 2.76. The maximum Gasteiger partial charge on any atom is 0.262 e. The van der Waals surface area contributed by atoms with Gasteiger partial charge in [-0.3, -0.25) is 20.4 Å². The molecule has 2 N–H and O–H groups in total. The second-order valence-corrected chi connectivity index (χ2v) is 8.56. The Kier molecular flexibility index (Phi) is 7.59. The Hall–Kier alpha value is -2.39. The fourth-order valence-electron chi connectivity index (χ4n) is 2.03. The second-order valence-electron chi connectivity index (χ2n) is 5.64. The zero-order valence-electron chi connectivity index (χ0n) is 14.7. The average Bonchev–Trinajstić information content (AvgIpc) is 2.66. The van der Waals surface area contributed by atoms with Crippen molar-refractivity contribution >= 4 is 51.1 Å². The highest BCUT2D eigenvalue weighted by Gasteiger charge is 2.22. The van der Waals surface area contributed by atoms with Crippen molar-refractivity contribution in [3.63, 3.8) is 0 Å². The van der Waals surface area contributed by atoms with E-state index in [2.05, 4.69) is 10.9 Å². The zero-order chi connectivity index (χ0) is 20.7. The Morgan fingerprint density at radius 3 is 2.07 bits per heavy atom. The Balaban J connectivity index is 1.86. The smallest absolute Gasteiger partial charge is 0.262 e. The molecule has 2 rings (SSSR count). The minimum Gasteiger partial charge on any atom is -0.272 e. The van der Waals surface area contributed by atoms with Crippen LogP contribution < -0.4 is 10.9 Å². The summed E-state index contributed by atoms with van der Waals surface area (Å²) in [5.41, 5.74) is 5.08. The first-order valence-corrected chi connectivity index (χ1v) is 10.1. The molecule has 0 unspecified atom stereocenters. The van der Waals surface area contributed by atoms with Crippen LogP contribution in [-0.4, -0.2) is 38.1 Å². The molecule has 0 heterocycles. The summed E-state index contributed by atoms with van der Waals surface area (Å²) in [6.45, 7) is -0.480. The van der Waals surface area contributed by atoms with E-state index in [1.165, 1.54) is 43.5 Å². The van der Waals surface area contributed by atoms with Gasteiger partial charge in [0.2, 0.25) is 10.0 Å². The molecular weight excluding hydrogens is 425 g/mol. The number of hydrogen-bond acceptors (Lipinski definition) is 4. The van der Waals surface area contributed by atoms with Gasteiger partial charge in [-0.05, 0) is 48.0 Å². The lowest BCUT2D eigenvalue weighted by Crippen LogP contribution is -2.46. The van der Waals surface area contributed by atoms with E-state index in [0.29, 0.717) is 10.0 Å². The van der Waals surface area contributed by atoms with Crippen LogP contribution in [0.1, 0.15) is 5.56 Å². The monoisotopic (exact) mass is 441 g/mol. The first kappa shape index (κ1) is 21.9. The molecule has 28 heavy (non-hydrogen) atoms. The number of hydrazine groups is 1. The highest BCUT2D eigenvalue weighted by Crippen LogP contribution is 2.17. The van der Waals surface area contributed by atoms with Gasteiger partial charge in [-0.15, -0.1) is 0 Å². The standard InChI is InChI=1S/C18H17Cl2N3O4S/c1-23(28(26,27)16-9-7-15(20)8-10-16)12-18(25)22-21-17(24)11-4-13-2-5-14(19)6-3-13/h2-11H,12H2,1H3,(H,21,24)(H,22,25). The lowest BCUT2D eigenvalue weighted by molar-refractivity contribution is -0.126. The average molecular weight is 442 g/mol. The van der Waals surface area contributed by atoms with Crippen LogP contribution in [0.3, 0.4) is 0 Å². The van der Waals surface area contributed by atoms with Gasteiger partial charge in [-0.1, -0.05) is 35.3 Å². The number of nitrogens with one attached hydrogen (secondary N) is 2. The van der Waals surface area contributed by atoms with E-state index in [1.807, 2.05) is 0 Å². The second kappa shape index (κ2) is 9.70. The molecule has 2 amide bonds. The van der Waals surface area contributed by atoms with Crippen LogP contribution in [0.25, 0.3) is 6.08 Å². The minimum absolute atomic E-state index is 0.00198. The van der Waals surface area contributed by atoms with Crippen molar-refractivity contribution in [1.29, 1.82) is 0 Å². The number of benzene rings is 2. The van der Waals surface area contributed by atoms with Crippen molar-refractivity contribution in [3.8, 4) is 0 Å².